The van der Waals surface area contributed by atoms with Gasteiger partial charge in [-0.2, -0.15) is 0 Å². The number of morpholine rings is 1. The summed E-state index contributed by atoms with van der Waals surface area (Å²) in [7, 11) is 0. The average Bonchev–Trinajstić information content (AvgIpc) is 2.70. The number of benzene rings is 2. The topological polar surface area (TPSA) is 32.8 Å². The lowest BCUT2D eigenvalue weighted by Gasteiger charge is -2.33. The third-order valence-corrected chi connectivity index (χ3v) is 5.75. The minimum absolute atomic E-state index is 0.321. The molecule has 2 aromatic rings. The summed E-state index contributed by atoms with van der Waals surface area (Å²) in [6.07, 6.45) is 2.97. The number of likely N-dealkylation sites (tertiary alicyclic amines) is 1. The number of rotatable bonds is 4. The molecule has 0 saturated carbocycles. The van der Waals surface area contributed by atoms with E-state index in [9.17, 15) is 4.79 Å². The van der Waals surface area contributed by atoms with Crippen LogP contribution in [0.15, 0.2) is 42.5 Å². The van der Waals surface area contributed by atoms with Crippen LogP contribution in [0.3, 0.4) is 0 Å². The van der Waals surface area contributed by atoms with Gasteiger partial charge < -0.3 is 9.64 Å². The summed E-state index contributed by atoms with van der Waals surface area (Å²) in [6.45, 7) is 6.10. The van der Waals surface area contributed by atoms with Gasteiger partial charge in [0.05, 0.1) is 13.2 Å². The smallest absolute Gasteiger partial charge is 0.223 e. The fourth-order valence-electron chi connectivity index (χ4n) is 4.13. The average molecular weight is 352 g/mol. The van der Waals surface area contributed by atoms with Crippen molar-refractivity contribution in [3.63, 3.8) is 0 Å². The highest BCUT2D eigenvalue weighted by molar-refractivity contribution is 5.83. The highest BCUT2D eigenvalue weighted by Gasteiger charge is 2.24. The molecule has 0 spiro atoms. The number of carbonyl (C=O) groups excluding carboxylic acids is 1. The van der Waals surface area contributed by atoms with Gasteiger partial charge >= 0.3 is 0 Å². The van der Waals surface area contributed by atoms with Gasteiger partial charge in [-0.25, -0.2) is 0 Å². The van der Waals surface area contributed by atoms with Crippen LogP contribution in [0.5, 0.6) is 0 Å². The van der Waals surface area contributed by atoms with E-state index >= 15 is 0 Å². The van der Waals surface area contributed by atoms with Crippen LogP contribution < -0.4 is 0 Å². The van der Waals surface area contributed by atoms with E-state index in [0.717, 1.165) is 45.6 Å². The molecule has 2 aromatic carbocycles. The number of fused-ring (bicyclic) bond motifs is 1. The van der Waals surface area contributed by atoms with E-state index in [4.69, 9.17) is 4.74 Å². The summed E-state index contributed by atoms with van der Waals surface area (Å²) >= 11 is 0. The molecule has 2 aliphatic rings. The molecule has 4 nitrogen and oxygen atoms in total. The Morgan fingerprint density at radius 2 is 1.69 bits per heavy atom. The molecule has 0 radical (unpaired) electrons. The maximum absolute atomic E-state index is 12.4. The highest BCUT2D eigenvalue weighted by Crippen LogP contribution is 2.24. The summed E-state index contributed by atoms with van der Waals surface area (Å²) in [5, 5.41) is 2.62. The Morgan fingerprint density at radius 1 is 0.962 bits per heavy atom. The number of piperidine rings is 1. The first-order chi connectivity index (χ1) is 12.8. The van der Waals surface area contributed by atoms with Crippen LogP contribution in [0.1, 0.15) is 24.8 Å². The third kappa shape index (κ3) is 4.25. The Bertz CT molecular complexity index is 747. The summed E-state index contributed by atoms with van der Waals surface area (Å²) < 4.78 is 5.34. The van der Waals surface area contributed by atoms with Gasteiger partial charge in [0.2, 0.25) is 5.91 Å². The standard InChI is InChI=1S/C22H28N2O2/c25-22(24-11-13-26-14-12-24)16-18-7-9-23(10-8-18)17-19-5-6-20-3-1-2-4-21(20)15-19/h1-6,15,18H,7-14,16-17H2. The monoisotopic (exact) mass is 352 g/mol. The first-order valence-corrected chi connectivity index (χ1v) is 9.83. The fourth-order valence-corrected chi connectivity index (χ4v) is 4.13. The highest BCUT2D eigenvalue weighted by atomic mass is 16.5. The summed E-state index contributed by atoms with van der Waals surface area (Å²) in [4.78, 5) is 16.9. The largest absolute Gasteiger partial charge is 0.378 e. The zero-order chi connectivity index (χ0) is 17.8. The molecule has 0 bridgehead atoms. The molecular formula is C22H28N2O2. The Labute approximate surface area is 155 Å². The van der Waals surface area contributed by atoms with E-state index < -0.39 is 0 Å². The molecule has 0 atom stereocenters. The number of carbonyl (C=O) groups is 1. The molecule has 2 heterocycles. The lowest BCUT2D eigenvalue weighted by atomic mass is 9.92. The number of amides is 1. The van der Waals surface area contributed by atoms with Crippen molar-refractivity contribution < 1.29 is 9.53 Å². The Kier molecular flexibility index (Phi) is 5.51. The van der Waals surface area contributed by atoms with Crippen molar-refractivity contribution >= 4 is 16.7 Å². The zero-order valence-corrected chi connectivity index (χ0v) is 15.4. The number of hydrogen-bond acceptors (Lipinski definition) is 3. The van der Waals surface area contributed by atoms with E-state index in [1.165, 1.54) is 16.3 Å². The van der Waals surface area contributed by atoms with Crippen molar-refractivity contribution in [2.75, 3.05) is 39.4 Å². The van der Waals surface area contributed by atoms with Crippen molar-refractivity contribution in [3.8, 4) is 0 Å². The van der Waals surface area contributed by atoms with E-state index in [1.54, 1.807) is 0 Å². The first kappa shape index (κ1) is 17.5. The van der Waals surface area contributed by atoms with Crippen LogP contribution in [0, 0.1) is 5.92 Å². The molecular weight excluding hydrogens is 324 g/mol. The molecule has 2 aliphatic heterocycles. The lowest BCUT2D eigenvalue weighted by molar-refractivity contribution is -0.136. The van der Waals surface area contributed by atoms with Crippen LogP contribution in [0.4, 0.5) is 0 Å². The van der Waals surface area contributed by atoms with E-state index in [1.807, 2.05) is 4.90 Å². The Hall–Kier alpha value is -1.91. The van der Waals surface area contributed by atoms with Gasteiger partial charge in [0, 0.05) is 26.1 Å². The van der Waals surface area contributed by atoms with Crippen molar-refractivity contribution in [2.45, 2.75) is 25.8 Å². The zero-order valence-electron chi connectivity index (χ0n) is 15.4. The molecule has 2 saturated heterocycles. The molecule has 2 fully saturated rings. The molecule has 4 rings (SSSR count). The third-order valence-electron chi connectivity index (χ3n) is 5.75. The van der Waals surface area contributed by atoms with Crippen LogP contribution in [-0.4, -0.2) is 55.1 Å². The molecule has 0 aromatic heterocycles. The van der Waals surface area contributed by atoms with Gasteiger partial charge in [-0.15, -0.1) is 0 Å². The van der Waals surface area contributed by atoms with Crippen molar-refractivity contribution in [2.24, 2.45) is 5.92 Å². The van der Waals surface area contributed by atoms with Crippen LogP contribution >= 0.6 is 0 Å². The van der Waals surface area contributed by atoms with E-state index in [0.29, 0.717) is 31.5 Å². The van der Waals surface area contributed by atoms with E-state index in [2.05, 4.69) is 47.4 Å². The maximum Gasteiger partial charge on any atom is 0.223 e. The molecule has 4 heteroatoms. The van der Waals surface area contributed by atoms with Crippen LogP contribution in [0.25, 0.3) is 10.8 Å². The second-order valence-corrected chi connectivity index (χ2v) is 7.60. The van der Waals surface area contributed by atoms with Gasteiger partial charge in [0.15, 0.2) is 0 Å². The maximum atomic E-state index is 12.4. The fraction of sp³-hybridized carbons (Fsp3) is 0.500. The second-order valence-electron chi connectivity index (χ2n) is 7.60. The number of nitrogens with zero attached hydrogens (tertiary/aromatic N) is 2. The van der Waals surface area contributed by atoms with Crippen LogP contribution in [0.2, 0.25) is 0 Å². The quantitative estimate of drug-likeness (QED) is 0.846. The minimum Gasteiger partial charge on any atom is -0.378 e. The van der Waals surface area contributed by atoms with E-state index in [-0.39, 0.29) is 0 Å². The molecule has 26 heavy (non-hydrogen) atoms. The van der Waals surface area contributed by atoms with Crippen molar-refractivity contribution in [3.05, 3.63) is 48.0 Å². The van der Waals surface area contributed by atoms with Gasteiger partial charge in [-0.05, 0) is 54.3 Å². The number of hydrogen-bond donors (Lipinski definition) is 0. The predicted molar refractivity (Wildman–Crippen MR) is 104 cm³/mol. The summed E-state index contributed by atoms with van der Waals surface area (Å²) in [5.41, 5.74) is 1.38. The Balaban J connectivity index is 1.27. The van der Waals surface area contributed by atoms with Gasteiger partial charge in [0.25, 0.3) is 0 Å². The molecule has 0 aliphatic carbocycles. The molecule has 1 amide bonds. The summed E-state index contributed by atoms with van der Waals surface area (Å²) in [5.74, 6) is 0.861. The van der Waals surface area contributed by atoms with Crippen LogP contribution in [-0.2, 0) is 16.1 Å². The SMILES string of the molecule is O=C(CC1CCN(Cc2ccc3ccccc3c2)CC1)N1CCOCC1. The normalized spacial score (nSPS) is 19.8. The van der Waals surface area contributed by atoms with Gasteiger partial charge in [-0.1, -0.05) is 36.4 Å². The lowest BCUT2D eigenvalue weighted by Crippen LogP contribution is -2.42. The molecule has 138 valence electrons. The van der Waals surface area contributed by atoms with Crippen molar-refractivity contribution in [1.29, 1.82) is 0 Å². The van der Waals surface area contributed by atoms with Gasteiger partial charge in [-0.3, -0.25) is 9.69 Å². The predicted octanol–water partition coefficient (Wildman–Crippen LogP) is 3.30. The molecule has 0 N–H and O–H groups in total. The first-order valence-electron chi connectivity index (χ1n) is 9.83. The molecule has 0 unspecified atom stereocenters. The Morgan fingerprint density at radius 3 is 2.46 bits per heavy atom. The minimum atomic E-state index is 0.321. The van der Waals surface area contributed by atoms with Gasteiger partial charge in [0.1, 0.15) is 0 Å². The summed E-state index contributed by atoms with van der Waals surface area (Å²) in [6, 6.07) is 15.3. The van der Waals surface area contributed by atoms with Crippen molar-refractivity contribution in [1.82, 2.24) is 9.80 Å². The second kappa shape index (κ2) is 8.19. The number of ether oxygens (including phenoxy) is 1.